The number of unbranched alkanes of at least 4 members (excludes halogenated alkanes) is 2. The van der Waals surface area contributed by atoms with Crippen molar-refractivity contribution in [1.29, 1.82) is 0 Å². The molecule has 0 radical (unpaired) electrons. The number of Topliss-reactive ketones (excluding diaryl/α,β-unsaturated/α-hetero) is 1. The van der Waals surface area contributed by atoms with Crippen LogP contribution in [-0.2, 0) is 14.6 Å². The van der Waals surface area contributed by atoms with Crippen molar-refractivity contribution >= 4 is 38.8 Å². The quantitative estimate of drug-likeness (QED) is 0.234. The second-order valence-electron chi connectivity index (χ2n) is 10.7. The van der Waals surface area contributed by atoms with E-state index in [1.807, 2.05) is 58.0 Å². The van der Waals surface area contributed by atoms with Crippen LogP contribution in [0.2, 0.25) is 0 Å². The smallest absolute Gasteiger partial charge is 0.229 e. The molecule has 1 heterocycles. The molecule has 2 N–H and O–H groups in total. The number of aromatic nitrogens is 2. The van der Waals surface area contributed by atoms with Gasteiger partial charge >= 0.3 is 0 Å². The number of rotatable bonds is 13. The molecule has 0 unspecified atom stereocenters. The van der Waals surface area contributed by atoms with Gasteiger partial charge in [-0.2, -0.15) is 4.98 Å². The highest BCUT2D eigenvalue weighted by atomic mass is 32.2. The van der Waals surface area contributed by atoms with E-state index >= 15 is 0 Å². The summed E-state index contributed by atoms with van der Waals surface area (Å²) in [6, 6.07) is 14.3. The fourth-order valence-electron chi connectivity index (χ4n) is 3.79. The van der Waals surface area contributed by atoms with Crippen molar-refractivity contribution in [2.75, 3.05) is 23.0 Å². The number of aryl methyl sites for hydroxylation is 1. The Morgan fingerprint density at radius 2 is 1.71 bits per heavy atom. The maximum Gasteiger partial charge on any atom is 0.229 e. The first-order chi connectivity index (χ1) is 17.9. The topological polar surface area (TPSA) is 110 Å². The van der Waals surface area contributed by atoms with Crippen LogP contribution >= 0.6 is 0 Å². The molecule has 9 heteroatoms. The monoisotopic (exact) mass is 538 g/mol. The van der Waals surface area contributed by atoms with Crippen molar-refractivity contribution < 1.29 is 17.9 Å². The number of nitrogens with one attached hydrogen (secondary N) is 2. The maximum absolute atomic E-state index is 12.8. The summed E-state index contributed by atoms with van der Waals surface area (Å²) < 4.78 is 31.5. The molecule has 0 spiro atoms. The highest BCUT2D eigenvalue weighted by Crippen LogP contribution is 2.26. The van der Waals surface area contributed by atoms with E-state index in [0.717, 1.165) is 36.3 Å². The summed E-state index contributed by atoms with van der Waals surface area (Å²) in [5.41, 5.74) is 1.93. The number of anilines is 4. The van der Waals surface area contributed by atoms with Crippen molar-refractivity contribution in [3.63, 3.8) is 0 Å². The van der Waals surface area contributed by atoms with Gasteiger partial charge in [-0.25, -0.2) is 13.4 Å². The summed E-state index contributed by atoms with van der Waals surface area (Å²) in [5.74, 6) is 2.06. The summed E-state index contributed by atoms with van der Waals surface area (Å²) in [7, 11) is -3.42. The van der Waals surface area contributed by atoms with Gasteiger partial charge in [0.05, 0.1) is 17.3 Å². The molecule has 0 saturated carbocycles. The van der Waals surface area contributed by atoms with Crippen LogP contribution < -0.4 is 15.4 Å². The van der Waals surface area contributed by atoms with Gasteiger partial charge in [0.15, 0.2) is 9.84 Å². The van der Waals surface area contributed by atoms with E-state index in [1.54, 1.807) is 31.3 Å². The van der Waals surface area contributed by atoms with Crippen molar-refractivity contribution in [2.24, 2.45) is 5.41 Å². The van der Waals surface area contributed by atoms with Gasteiger partial charge in [-0.3, -0.25) is 0 Å². The lowest BCUT2D eigenvalue weighted by molar-refractivity contribution is -0.117. The molecule has 0 aliphatic heterocycles. The summed E-state index contributed by atoms with van der Waals surface area (Å²) in [5, 5.41) is 6.43. The molecule has 0 aliphatic rings. The zero-order valence-electron chi connectivity index (χ0n) is 22.9. The lowest BCUT2D eigenvalue weighted by atomic mass is 10.0. The number of ketones is 1. The maximum atomic E-state index is 12.8. The van der Waals surface area contributed by atoms with Gasteiger partial charge in [0, 0.05) is 29.6 Å². The van der Waals surface area contributed by atoms with Crippen LogP contribution in [-0.4, -0.2) is 36.5 Å². The van der Waals surface area contributed by atoms with Gasteiger partial charge in [0.2, 0.25) is 5.95 Å². The van der Waals surface area contributed by atoms with Crippen LogP contribution in [0.4, 0.5) is 23.1 Å². The lowest BCUT2D eigenvalue weighted by Gasteiger charge is -2.18. The fraction of sp³-hybridized carbons (Fsp3) is 0.414. The van der Waals surface area contributed by atoms with E-state index < -0.39 is 9.84 Å². The number of benzene rings is 2. The highest BCUT2D eigenvalue weighted by Gasteiger charge is 2.23. The van der Waals surface area contributed by atoms with Crippen molar-refractivity contribution in [3.8, 4) is 5.75 Å². The minimum absolute atomic E-state index is 0.0645. The summed E-state index contributed by atoms with van der Waals surface area (Å²) >= 11 is 0. The zero-order valence-corrected chi connectivity index (χ0v) is 23.7. The summed E-state index contributed by atoms with van der Waals surface area (Å²) in [4.78, 5) is 20.2. The van der Waals surface area contributed by atoms with Gasteiger partial charge in [-0.1, -0.05) is 26.8 Å². The number of ether oxygens (including phenoxy) is 1. The Bertz CT molecular complexity index is 1330. The predicted octanol–water partition coefficient (Wildman–Crippen LogP) is 6.62. The SMILES string of the molecule is CC(=O)CCCCCOc1ccc(Nc2ncc(C)c(Nc3cccc(S(=O)(=O)CC(C)(C)C)c3)n2)cc1. The lowest BCUT2D eigenvalue weighted by Crippen LogP contribution is -2.20. The van der Waals surface area contributed by atoms with Gasteiger partial charge in [-0.05, 0) is 81.0 Å². The molecule has 0 amide bonds. The predicted molar refractivity (Wildman–Crippen MR) is 152 cm³/mol. The van der Waals surface area contributed by atoms with Crippen LogP contribution in [0, 0.1) is 12.3 Å². The van der Waals surface area contributed by atoms with Crippen LogP contribution in [0.5, 0.6) is 5.75 Å². The Kier molecular flexibility index (Phi) is 9.85. The van der Waals surface area contributed by atoms with Crippen LogP contribution in [0.1, 0.15) is 58.9 Å². The van der Waals surface area contributed by atoms with E-state index in [9.17, 15) is 13.2 Å². The largest absolute Gasteiger partial charge is 0.494 e. The molecule has 0 atom stereocenters. The summed E-state index contributed by atoms with van der Waals surface area (Å²) in [6.45, 7) is 9.84. The van der Waals surface area contributed by atoms with Crippen molar-refractivity contribution in [1.82, 2.24) is 9.97 Å². The molecule has 0 aliphatic carbocycles. The second-order valence-corrected chi connectivity index (χ2v) is 12.7. The molecule has 0 saturated heterocycles. The third kappa shape index (κ3) is 9.45. The third-order valence-electron chi connectivity index (χ3n) is 5.60. The first-order valence-corrected chi connectivity index (χ1v) is 14.5. The minimum Gasteiger partial charge on any atom is -0.494 e. The Labute approximate surface area is 226 Å². The van der Waals surface area contributed by atoms with E-state index in [-0.39, 0.29) is 21.8 Å². The molecule has 8 nitrogen and oxygen atoms in total. The number of carbonyl (C=O) groups excluding carboxylic acids is 1. The van der Waals surface area contributed by atoms with Crippen LogP contribution in [0.3, 0.4) is 0 Å². The summed E-state index contributed by atoms with van der Waals surface area (Å²) in [6.07, 6.45) is 5.12. The molecule has 1 aromatic heterocycles. The number of hydrogen-bond acceptors (Lipinski definition) is 8. The molecule has 0 fully saturated rings. The molecule has 2 aromatic carbocycles. The molecule has 0 bridgehead atoms. The Hall–Kier alpha value is -3.46. The first kappa shape index (κ1) is 29.1. The van der Waals surface area contributed by atoms with E-state index in [2.05, 4.69) is 20.6 Å². The molecular formula is C29H38N4O4S. The minimum atomic E-state index is -3.42. The zero-order chi connectivity index (χ0) is 27.8. The molecule has 3 aromatic rings. The molecule has 38 heavy (non-hydrogen) atoms. The second kappa shape index (κ2) is 12.9. The van der Waals surface area contributed by atoms with Crippen LogP contribution in [0.15, 0.2) is 59.6 Å². The highest BCUT2D eigenvalue weighted by molar-refractivity contribution is 7.91. The van der Waals surface area contributed by atoms with E-state index in [1.165, 1.54) is 0 Å². The number of sulfone groups is 1. The molecular weight excluding hydrogens is 500 g/mol. The van der Waals surface area contributed by atoms with Crippen molar-refractivity contribution in [3.05, 3.63) is 60.3 Å². The number of nitrogens with zero attached hydrogens (tertiary/aromatic N) is 2. The Morgan fingerprint density at radius 1 is 0.974 bits per heavy atom. The van der Waals surface area contributed by atoms with Crippen molar-refractivity contribution in [2.45, 2.75) is 65.2 Å². The van der Waals surface area contributed by atoms with Gasteiger partial charge in [0.25, 0.3) is 0 Å². The van der Waals surface area contributed by atoms with Crippen LogP contribution in [0.25, 0.3) is 0 Å². The molecule has 3 rings (SSSR count). The van der Waals surface area contributed by atoms with E-state index in [4.69, 9.17) is 4.74 Å². The number of carbonyl (C=O) groups is 1. The first-order valence-electron chi connectivity index (χ1n) is 12.8. The Morgan fingerprint density at radius 3 is 2.39 bits per heavy atom. The average molecular weight is 539 g/mol. The van der Waals surface area contributed by atoms with E-state index in [0.29, 0.717) is 30.5 Å². The standard InChI is InChI=1S/C29H38N4O4S/c1-21-19-30-28(32-23-13-15-25(16-14-23)37-17-8-6-7-10-22(2)34)33-27(21)31-24-11-9-12-26(18-24)38(35,36)20-29(3,4)5/h9,11-16,18-19H,6-8,10,17,20H2,1-5H3,(H2,30,31,32,33). The number of hydrogen-bond donors (Lipinski definition) is 2. The average Bonchev–Trinajstić information content (AvgIpc) is 2.83. The molecule has 204 valence electrons. The fourth-order valence-corrected chi connectivity index (χ4v) is 5.69. The van der Waals surface area contributed by atoms with Gasteiger partial charge in [-0.15, -0.1) is 0 Å². The Balaban J connectivity index is 1.61. The van der Waals surface area contributed by atoms with Gasteiger partial charge < -0.3 is 20.2 Å². The van der Waals surface area contributed by atoms with Gasteiger partial charge in [0.1, 0.15) is 17.4 Å². The third-order valence-corrected chi connectivity index (χ3v) is 7.82. The normalized spacial score (nSPS) is 11.7.